The highest BCUT2D eigenvalue weighted by molar-refractivity contribution is 7.80. The first-order chi connectivity index (χ1) is 7.38. The van der Waals surface area contributed by atoms with Gasteiger partial charge in [0.1, 0.15) is 10.7 Å². The summed E-state index contributed by atoms with van der Waals surface area (Å²) in [7, 11) is 0. The van der Waals surface area contributed by atoms with Crippen LogP contribution in [0.3, 0.4) is 0 Å². The normalized spacial score (nSPS) is 11.2. The first-order valence-corrected chi connectivity index (χ1v) is 4.73. The topological polar surface area (TPSA) is 63.8 Å². The van der Waals surface area contributed by atoms with E-state index in [1.54, 1.807) is 0 Å². The van der Waals surface area contributed by atoms with E-state index in [1.165, 1.54) is 12.3 Å². The summed E-state index contributed by atoms with van der Waals surface area (Å²) >= 11 is 4.67. The molecule has 4 nitrogen and oxygen atoms in total. The fourth-order valence-electron chi connectivity index (χ4n) is 0.897. The van der Waals surface area contributed by atoms with E-state index in [0.29, 0.717) is 5.69 Å². The highest BCUT2D eigenvalue weighted by Crippen LogP contribution is 2.18. The molecule has 1 rings (SSSR count). The average Bonchev–Trinajstić information content (AvgIpc) is 2.16. The van der Waals surface area contributed by atoms with Crippen molar-refractivity contribution in [3.8, 4) is 0 Å². The lowest BCUT2D eigenvalue weighted by Gasteiger charge is -2.07. The van der Waals surface area contributed by atoms with E-state index in [-0.39, 0.29) is 17.5 Å². The summed E-state index contributed by atoms with van der Waals surface area (Å²) in [4.78, 5) is 7.64. The molecular weight excluding hydrogens is 241 g/mol. The van der Waals surface area contributed by atoms with E-state index in [4.69, 9.17) is 5.73 Å². The Balaban J connectivity index is 2.55. The Morgan fingerprint density at radius 1 is 1.50 bits per heavy atom. The van der Waals surface area contributed by atoms with Crippen LogP contribution < -0.4 is 11.1 Å². The molecule has 0 aliphatic rings. The minimum Gasteiger partial charge on any atom is -0.388 e. The van der Waals surface area contributed by atoms with Crippen LogP contribution in [0.4, 0.5) is 19.1 Å². The van der Waals surface area contributed by atoms with Gasteiger partial charge in [-0.05, 0) is 6.07 Å². The Kier molecular flexibility index (Phi) is 3.99. The number of thiocarbonyl (C=S) groups is 1. The summed E-state index contributed by atoms with van der Waals surface area (Å²) in [6, 6.07) is 1.48. The molecule has 0 amide bonds. The average molecular weight is 250 g/mol. The van der Waals surface area contributed by atoms with Gasteiger partial charge in [-0.3, -0.25) is 0 Å². The van der Waals surface area contributed by atoms with Crippen LogP contribution in [0, 0.1) is 0 Å². The van der Waals surface area contributed by atoms with Gasteiger partial charge < -0.3 is 11.1 Å². The standard InChI is InChI=1S/C8H9F3N4S/c9-8(10,11)2-4-14-7-13-3-1-5(15-7)6(12)16/h1,3H,2,4H2,(H2,12,16)(H,13,14,15). The molecule has 0 radical (unpaired) electrons. The summed E-state index contributed by atoms with van der Waals surface area (Å²) in [5.41, 5.74) is 5.63. The van der Waals surface area contributed by atoms with Gasteiger partial charge in [0.2, 0.25) is 5.95 Å². The van der Waals surface area contributed by atoms with Crippen LogP contribution in [0.2, 0.25) is 0 Å². The second-order valence-electron chi connectivity index (χ2n) is 2.92. The first-order valence-electron chi connectivity index (χ1n) is 4.32. The second-order valence-corrected chi connectivity index (χ2v) is 3.36. The first kappa shape index (κ1) is 12.6. The number of nitrogens with one attached hydrogen (secondary N) is 1. The lowest BCUT2D eigenvalue weighted by molar-refractivity contribution is -0.131. The third-order valence-corrected chi connectivity index (χ3v) is 1.81. The van der Waals surface area contributed by atoms with Gasteiger partial charge in [-0.2, -0.15) is 13.2 Å². The molecule has 0 aliphatic heterocycles. The summed E-state index contributed by atoms with van der Waals surface area (Å²) < 4.78 is 35.5. The van der Waals surface area contributed by atoms with Crippen molar-refractivity contribution in [3.63, 3.8) is 0 Å². The number of hydrogen-bond donors (Lipinski definition) is 2. The van der Waals surface area contributed by atoms with Gasteiger partial charge in [-0.1, -0.05) is 12.2 Å². The SMILES string of the molecule is NC(=S)c1ccnc(NCCC(F)(F)F)n1. The molecule has 0 saturated carbocycles. The monoisotopic (exact) mass is 250 g/mol. The van der Waals surface area contributed by atoms with Crippen molar-refractivity contribution < 1.29 is 13.2 Å². The van der Waals surface area contributed by atoms with Crippen molar-refractivity contribution in [2.45, 2.75) is 12.6 Å². The summed E-state index contributed by atoms with van der Waals surface area (Å²) in [5, 5.41) is 2.44. The van der Waals surface area contributed by atoms with Gasteiger partial charge in [0, 0.05) is 12.7 Å². The minimum absolute atomic E-state index is 0.0706. The van der Waals surface area contributed by atoms with Crippen molar-refractivity contribution in [3.05, 3.63) is 18.0 Å². The predicted molar refractivity (Wildman–Crippen MR) is 57.1 cm³/mol. The predicted octanol–water partition coefficient (Wildman–Crippen LogP) is 1.48. The molecule has 1 aromatic rings. The lowest BCUT2D eigenvalue weighted by atomic mass is 10.4. The molecule has 0 fully saturated rings. The molecular formula is C8H9F3N4S. The molecule has 0 saturated heterocycles. The van der Waals surface area contributed by atoms with Crippen LogP contribution in [0.15, 0.2) is 12.3 Å². The minimum atomic E-state index is -4.20. The Morgan fingerprint density at radius 3 is 2.75 bits per heavy atom. The third-order valence-electron chi connectivity index (χ3n) is 1.60. The number of alkyl halides is 3. The van der Waals surface area contributed by atoms with Crippen LogP contribution in [0.25, 0.3) is 0 Å². The van der Waals surface area contributed by atoms with Crippen molar-refractivity contribution in [1.29, 1.82) is 0 Å². The molecule has 1 heterocycles. The third kappa shape index (κ3) is 4.39. The van der Waals surface area contributed by atoms with Crippen molar-refractivity contribution in [2.24, 2.45) is 5.73 Å². The fraction of sp³-hybridized carbons (Fsp3) is 0.375. The van der Waals surface area contributed by atoms with Gasteiger partial charge in [0.25, 0.3) is 0 Å². The van der Waals surface area contributed by atoms with Gasteiger partial charge >= 0.3 is 6.18 Å². The Morgan fingerprint density at radius 2 is 2.19 bits per heavy atom. The van der Waals surface area contributed by atoms with Crippen molar-refractivity contribution in [2.75, 3.05) is 11.9 Å². The zero-order chi connectivity index (χ0) is 12.2. The van der Waals surface area contributed by atoms with Gasteiger partial charge in [-0.15, -0.1) is 0 Å². The van der Waals surface area contributed by atoms with Crippen molar-refractivity contribution in [1.82, 2.24) is 9.97 Å². The summed E-state index contributed by atoms with van der Waals surface area (Å²) in [5.74, 6) is 0.0783. The zero-order valence-electron chi connectivity index (χ0n) is 8.08. The Bertz CT molecular complexity index is 380. The van der Waals surface area contributed by atoms with E-state index < -0.39 is 12.6 Å². The maximum atomic E-state index is 11.8. The molecule has 1 aromatic heterocycles. The van der Waals surface area contributed by atoms with Crippen LogP contribution in [0.5, 0.6) is 0 Å². The maximum Gasteiger partial charge on any atom is 0.390 e. The number of hydrogen-bond acceptors (Lipinski definition) is 4. The highest BCUT2D eigenvalue weighted by atomic mass is 32.1. The quantitative estimate of drug-likeness (QED) is 0.792. The summed E-state index contributed by atoms with van der Waals surface area (Å²) in [6.07, 6.45) is -3.78. The number of anilines is 1. The van der Waals surface area contributed by atoms with E-state index in [0.717, 1.165) is 0 Å². The molecule has 0 unspecified atom stereocenters. The maximum absolute atomic E-state index is 11.8. The molecule has 3 N–H and O–H groups in total. The van der Waals surface area contributed by atoms with E-state index in [2.05, 4.69) is 27.5 Å². The van der Waals surface area contributed by atoms with Crippen molar-refractivity contribution >= 4 is 23.2 Å². The molecule has 0 bridgehead atoms. The molecule has 0 aromatic carbocycles. The Labute approximate surface area is 95.1 Å². The highest BCUT2D eigenvalue weighted by Gasteiger charge is 2.26. The second kappa shape index (κ2) is 5.06. The van der Waals surface area contributed by atoms with Crippen LogP contribution in [-0.4, -0.2) is 27.7 Å². The van der Waals surface area contributed by atoms with Gasteiger partial charge in [0.05, 0.1) is 6.42 Å². The van der Waals surface area contributed by atoms with Crippen LogP contribution in [0.1, 0.15) is 12.1 Å². The molecule has 8 heteroatoms. The van der Waals surface area contributed by atoms with Gasteiger partial charge in [-0.25, -0.2) is 9.97 Å². The van der Waals surface area contributed by atoms with Crippen LogP contribution >= 0.6 is 12.2 Å². The fourth-order valence-corrected chi connectivity index (χ4v) is 1.01. The van der Waals surface area contributed by atoms with Crippen LogP contribution in [-0.2, 0) is 0 Å². The van der Waals surface area contributed by atoms with E-state index >= 15 is 0 Å². The zero-order valence-corrected chi connectivity index (χ0v) is 8.90. The number of halogens is 3. The molecule has 16 heavy (non-hydrogen) atoms. The Hall–Kier alpha value is -1.44. The summed E-state index contributed by atoms with van der Waals surface area (Å²) in [6.45, 7) is -0.287. The largest absolute Gasteiger partial charge is 0.390 e. The number of aromatic nitrogens is 2. The lowest BCUT2D eigenvalue weighted by Crippen LogP contribution is -2.17. The molecule has 88 valence electrons. The number of rotatable bonds is 4. The number of nitrogens with two attached hydrogens (primary N) is 1. The molecule has 0 aliphatic carbocycles. The molecule has 0 atom stereocenters. The van der Waals surface area contributed by atoms with E-state index in [9.17, 15) is 13.2 Å². The smallest absolute Gasteiger partial charge is 0.388 e. The molecule has 0 spiro atoms. The van der Waals surface area contributed by atoms with E-state index in [1.807, 2.05) is 0 Å². The van der Waals surface area contributed by atoms with Gasteiger partial charge in [0.15, 0.2) is 0 Å². The number of nitrogens with zero attached hydrogens (tertiary/aromatic N) is 2.